The van der Waals surface area contributed by atoms with Crippen molar-refractivity contribution < 1.29 is 23.1 Å². The van der Waals surface area contributed by atoms with Gasteiger partial charge in [-0.2, -0.15) is 25.0 Å². The Morgan fingerprint density at radius 3 is 1.47 bits per heavy atom. The predicted molar refractivity (Wildman–Crippen MR) is 71.6 cm³/mol. The molecule has 0 aromatic carbocycles. The van der Waals surface area contributed by atoms with Crippen LogP contribution in [0.3, 0.4) is 0 Å². The zero-order valence-electron chi connectivity index (χ0n) is 11.5. The van der Waals surface area contributed by atoms with E-state index in [9.17, 15) is 0 Å². The first-order chi connectivity index (χ1) is 8.00. The normalized spacial score (nSPS) is 18.8. The van der Waals surface area contributed by atoms with Crippen LogP contribution in [0, 0.1) is 18.6 Å². The summed E-state index contributed by atoms with van der Waals surface area (Å²) in [5.41, 5.74) is 0. The Balaban J connectivity index is 0. The van der Waals surface area contributed by atoms with Gasteiger partial charge >= 0.3 is 21.7 Å². The second-order valence-corrected chi connectivity index (χ2v) is 3.93. The van der Waals surface area contributed by atoms with E-state index in [1.807, 2.05) is 24.3 Å². The van der Waals surface area contributed by atoms with Gasteiger partial charge in [0.05, 0.1) is 0 Å². The van der Waals surface area contributed by atoms with Gasteiger partial charge in [0.15, 0.2) is 0 Å². The summed E-state index contributed by atoms with van der Waals surface area (Å²) in [4.78, 5) is 0. The first kappa shape index (κ1) is 16.7. The summed E-state index contributed by atoms with van der Waals surface area (Å²) in [6.07, 6.45) is 29.5. The Bertz CT molecular complexity index is 207. The molecular formula is C16H22Ti-. The van der Waals surface area contributed by atoms with Gasteiger partial charge in [0.1, 0.15) is 0 Å². The molecule has 0 saturated heterocycles. The Labute approximate surface area is 123 Å². The maximum atomic E-state index is 2.99. The maximum Gasteiger partial charge on any atom is 3.00 e. The zero-order valence-corrected chi connectivity index (χ0v) is 12.1. The number of hydrogen-bond donors (Lipinski definition) is 0. The fourth-order valence-corrected chi connectivity index (χ4v) is 1.58. The van der Waals surface area contributed by atoms with Crippen LogP contribution >= 0.6 is 0 Å². The molecule has 0 aliphatic heterocycles. The molecule has 1 heteroatoms. The standard InChI is InChI=1S/C6H11.2C5H5.Ti.H/c1-2-4-6-5-3-1;2*1-2-4-5-3-1;;/h1H,2-6H2;2*1-3H,4H2;;/q3*-1;+3;-1. The molecule has 0 aromatic rings. The molecule has 17 heavy (non-hydrogen) atoms. The molecule has 91 valence electrons. The summed E-state index contributed by atoms with van der Waals surface area (Å²) in [6, 6.07) is 0. The Kier molecular flexibility index (Phi) is 13.5. The average molecular weight is 262 g/mol. The minimum absolute atomic E-state index is 0. The molecule has 0 spiro atoms. The largest absolute Gasteiger partial charge is 3.00 e. The van der Waals surface area contributed by atoms with E-state index >= 15 is 0 Å². The van der Waals surface area contributed by atoms with Crippen LogP contribution in [0.5, 0.6) is 0 Å². The van der Waals surface area contributed by atoms with Crippen LogP contribution in [0.1, 0.15) is 46.4 Å². The Hall–Kier alpha value is -0.326. The topological polar surface area (TPSA) is 0 Å². The van der Waals surface area contributed by atoms with Gasteiger partial charge in [0, 0.05) is 0 Å². The van der Waals surface area contributed by atoms with Gasteiger partial charge in [0.25, 0.3) is 0 Å². The van der Waals surface area contributed by atoms with Crippen molar-refractivity contribution in [2.24, 2.45) is 0 Å². The summed E-state index contributed by atoms with van der Waals surface area (Å²) >= 11 is 0. The smallest absolute Gasteiger partial charge is 1.00 e. The van der Waals surface area contributed by atoms with Crippen LogP contribution in [-0.4, -0.2) is 0 Å². The van der Waals surface area contributed by atoms with E-state index in [0.717, 1.165) is 12.8 Å². The molecule has 0 atom stereocenters. The van der Waals surface area contributed by atoms with Gasteiger partial charge in [-0.1, -0.05) is 19.3 Å². The maximum absolute atomic E-state index is 2.99. The second-order valence-electron chi connectivity index (χ2n) is 3.93. The van der Waals surface area contributed by atoms with Crippen molar-refractivity contribution in [3.05, 3.63) is 55.0 Å². The molecule has 0 heterocycles. The molecule has 0 aromatic heterocycles. The van der Waals surface area contributed by atoms with Crippen molar-refractivity contribution in [1.82, 2.24) is 0 Å². The van der Waals surface area contributed by atoms with Crippen molar-refractivity contribution in [3.63, 3.8) is 0 Å². The summed E-state index contributed by atoms with van der Waals surface area (Å²) in [7, 11) is 0. The third-order valence-corrected chi connectivity index (χ3v) is 2.49. The molecule has 3 rings (SSSR count). The first-order valence-corrected chi connectivity index (χ1v) is 6.25. The van der Waals surface area contributed by atoms with Crippen molar-refractivity contribution in [1.29, 1.82) is 0 Å². The number of rotatable bonds is 0. The van der Waals surface area contributed by atoms with E-state index in [0.29, 0.717) is 0 Å². The van der Waals surface area contributed by atoms with E-state index < -0.39 is 0 Å². The van der Waals surface area contributed by atoms with Crippen LogP contribution < -0.4 is 0 Å². The van der Waals surface area contributed by atoms with Crippen LogP contribution in [0.2, 0.25) is 0 Å². The molecule has 3 aliphatic carbocycles. The summed E-state index contributed by atoms with van der Waals surface area (Å²) in [5, 5.41) is 0. The van der Waals surface area contributed by atoms with Crippen molar-refractivity contribution in [2.45, 2.75) is 44.9 Å². The Morgan fingerprint density at radius 1 is 0.824 bits per heavy atom. The van der Waals surface area contributed by atoms with Gasteiger partial charge in [-0.25, -0.2) is 24.3 Å². The molecule has 0 N–H and O–H groups in total. The first-order valence-electron chi connectivity index (χ1n) is 6.25. The average Bonchev–Trinajstić information content (AvgIpc) is 3.10. The van der Waals surface area contributed by atoms with Gasteiger partial charge < -0.3 is 7.85 Å². The monoisotopic (exact) mass is 262 g/mol. The third kappa shape index (κ3) is 11.9. The van der Waals surface area contributed by atoms with Crippen LogP contribution in [0.25, 0.3) is 0 Å². The third-order valence-electron chi connectivity index (χ3n) is 2.49. The molecule has 1 saturated carbocycles. The number of allylic oxidation sites excluding steroid dienone is 8. The van der Waals surface area contributed by atoms with Crippen LogP contribution in [0.15, 0.2) is 36.5 Å². The minimum atomic E-state index is 0. The summed E-state index contributed by atoms with van der Waals surface area (Å²) < 4.78 is 0. The van der Waals surface area contributed by atoms with Gasteiger partial charge in [-0.05, 0) is 0 Å². The Morgan fingerprint density at radius 2 is 1.35 bits per heavy atom. The van der Waals surface area contributed by atoms with Crippen molar-refractivity contribution in [3.8, 4) is 0 Å². The number of hydrogen-bond acceptors (Lipinski definition) is 0. The summed E-state index contributed by atoms with van der Waals surface area (Å²) in [5.74, 6) is 0. The molecule has 0 unspecified atom stereocenters. The molecular weight excluding hydrogens is 240 g/mol. The zero-order chi connectivity index (χ0) is 11.3. The van der Waals surface area contributed by atoms with Crippen molar-refractivity contribution >= 4 is 0 Å². The fourth-order valence-electron chi connectivity index (χ4n) is 1.58. The summed E-state index contributed by atoms with van der Waals surface area (Å²) in [6.45, 7) is 0. The van der Waals surface area contributed by atoms with E-state index in [-0.39, 0.29) is 23.1 Å². The van der Waals surface area contributed by atoms with Gasteiger partial charge in [-0.3, -0.25) is 12.2 Å². The molecule has 1 radical (unpaired) electrons. The minimum Gasteiger partial charge on any atom is -1.00 e. The quantitative estimate of drug-likeness (QED) is 0.431. The van der Waals surface area contributed by atoms with Crippen molar-refractivity contribution in [2.75, 3.05) is 0 Å². The SMILES string of the molecule is [C-]1=CC=CC1.[C-]1=CC=CC1.[CH-]1CCCCC1.[H-].[Ti+3]. The molecule has 0 amide bonds. The van der Waals surface area contributed by atoms with E-state index in [1.54, 1.807) is 0 Å². The van der Waals surface area contributed by atoms with Gasteiger partial charge in [-0.15, -0.1) is 12.8 Å². The van der Waals surface area contributed by atoms with E-state index in [2.05, 4.69) is 30.7 Å². The van der Waals surface area contributed by atoms with Gasteiger partial charge in [0.2, 0.25) is 0 Å². The second kappa shape index (κ2) is 13.7. The molecule has 3 aliphatic rings. The molecule has 0 nitrogen and oxygen atoms in total. The van der Waals surface area contributed by atoms with E-state index in [1.165, 1.54) is 32.1 Å². The predicted octanol–water partition coefficient (Wildman–Crippen LogP) is 4.88. The fraction of sp³-hybridized carbons (Fsp3) is 0.438. The van der Waals surface area contributed by atoms with Crippen LogP contribution in [-0.2, 0) is 21.7 Å². The van der Waals surface area contributed by atoms with Crippen LogP contribution in [0.4, 0.5) is 0 Å². The van der Waals surface area contributed by atoms with E-state index in [4.69, 9.17) is 0 Å². The molecule has 0 bridgehead atoms. The molecule has 1 fully saturated rings.